The molecule has 0 aromatic carbocycles. The molecule has 23 heavy (non-hydrogen) atoms. The molecule has 0 unspecified atom stereocenters. The molecule has 1 fully saturated rings. The predicted molar refractivity (Wildman–Crippen MR) is 90.4 cm³/mol. The molecule has 0 saturated carbocycles. The predicted octanol–water partition coefficient (Wildman–Crippen LogP) is 2.71. The highest BCUT2D eigenvalue weighted by atomic mass is 35.5. The number of halogens is 1. The molecule has 2 aromatic rings. The summed E-state index contributed by atoms with van der Waals surface area (Å²) in [5.74, 6) is 0.438. The summed E-state index contributed by atoms with van der Waals surface area (Å²) >= 11 is 6.19. The number of piperidine rings is 1. The first-order valence-corrected chi connectivity index (χ1v) is 8.32. The van der Waals surface area contributed by atoms with Crippen molar-refractivity contribution >= 4 is 17.5 Å². The van der Waals surface area contributed by atoms with Crippen LogP contribution >= 0.6 is 11.6 Å². The minimum absolute atomic E-state index is 0.0377. The first-order valence-electron chi connectivity index (χ1n) is 7.94. The average molecular weight is 333 g/mol. The quantitative estimate of drug-likeness (QED) is 0.885. The molecule has 122 valence electrons. The highest BCUT2D eigenvalue weighted by Gasteiger charge is 2.21. The number of nitrogens with zero attached hydrogens (tertiary/aromatic N) is 2. The number of pyridine rings is 1. The van der Waals surface area contributed by atoms with Crippen molar-refractivity contribution in [3.8, 4) is 0 Å². The van der Waals surface area contributed by atoms with Gasteiger partial charge >= 0.3 is 0 Å². The van der Waals surface area contributed by atoms with E-state index in [1.165, 1.54) is 0 Å². The summed E-state index contributed by atoms with van der Waals surface area (Å²) in [7, 11) is 0. The van der Waals surface area contributed by atoms with Crippen molar-refractivity contribution in [3.05, 3.63) is 53.1 Å². The number of hydrogen-bond donors (Lipinski definition) is 2. The molecule has 0 bridgehead atoms. The first kappa shape index (κ1) is 16.0. The molecule has 1 aliphatic heterocycles. The number of carbonyl (C=O) groups excluding carboxylic acids is 1. The molecule has 3 heterocycles. The van der Waals surface area contributed by atoms with Crippen LogP contribution in [0.1, 0.15) is 28.9 Å². The molecule has 5 nitrogen and oxygen atoms in total. The lowest BCUT2D eigenvalue weighted by atomic mass is 9.97. The molecule has 1 amide bonds. The van der Waals surface area contributed by atoms with Gasteiger partial charge in [0.1, 0.15) is 5.69 Å². The summed E-state index contributed by atoms with van der Waals surface area (Å²) in [5, 5.41) is 3.73. The second-order valence-electron chi connectivity index (χ2n) is 6.00. The van der Waals surface area contributed by atoms with E-state index >= 15 is 0 Å². The lowest BCUT2D eigenvalue weighted by molar-refractivity contribution is 0.0926. The zero-order valence-corrected chi connectivity index (χ0v) is 13.7. The Morgan fingerprint density at radius 3 is 3.17 bits per heavy atom. The van der Waals surface area contributed by atoms with Gasteiger partial charge in [-0.1, -0.05) is 11.6 Å². The number of amides is 1. The Bertz CT molecular complexity index is 644. The summed E-state index contributed by atoms with van der Waals surface area (Å²) in [6.07, 6.45) is 7.52. The van der Waals surface area contributed by atoms with Gasteiger partial charge in [-0.15, -0.1) is 0 Å². The first-order chi connectivity index (χ1) is 11.2. The number of rotatable bonds is 5. The van der Waals surface area contributed by atoms with Gasteiger partial charge in [-0.05, 0) is 49.1 Å². The molecular formula is C17H21ClN4O. The molecule has 3 rings (SSSR count). The molecule has 1 aliphatic rings. The van der Waals surface area contributed by atoms with Crippen LogP contribution in [-0.2, 0) is 6.54 Å². The Morgan fingerprint density at radius 1 is 1.48 bits per heavy atom. The number of nitrogens with one attached hydrogen (secondary N) is 2. The zero-order chi connectivity index (χ0) is 16.1. The topological polar surface area (TPSA) is 61.0 Å². The van der Waals surface area contributed by atoms with Crippen molar-refractivity contribution in [2.24, 2.45) is 5.92 Å². The molecule has 1 saturated heterocycles. The summed E-state index contributed by atoms with van der Waals surface area (Å²) in [6, 6.07) is 5.59. The van der Waals surface area contributed by atoms with Crippen LogP contribution in [0.2, 0.25) is 5.02 Å². The Hall–Kier alpha value is -1.85. The summed E-state index contributed by atoms with van der Waals surface area (Å²) in [4.78, 5) is 21.3. The van der Waals surface area contributed by atoms with E-state index in [2.05, 4.69) is 20.2 Å². The average Bonchev–Trinajstić information content (AvgIpc) is 3.10. The number of aromatic nitrogens is 2. The van der Waals surface area contributed by atoms with E-state index in [0.717, 1.165) is 43.1 Å². The van der Waals surface area contributed by atoms with Crippen LogP contribution in [0.5, 0.6) is 0 Å². The maximum atomic E-state index is 12.0. The van der Waals surface area contributed by atoms with Crippen molar-refractivity contribution in [2.75, 3.05) is 19.6 Å². The highest BCUT2D eigenvalue weighted by molar-refractivity contribution is 6.31. The van der Waals surface area contributed by atoms with Crippen LogP contribution in [-0.4, -0.2) is 40.4 Å². The van der Waals surface area contributed by atoms with E-state index in [0.29, 0.717) is 18.2 Å². The van der Waals surface area contributed by atoms with E-state index in [-0.39, 0.29) is 5.91 Å². The van der Waals surface area contributed by atoms with E-state index in [9.17, 15) is 4.79 Å². The maximum Gasteiger partial charge on any atom is 0.267 e. The molecule has 6 heteroatoms. The van der Waals surface area contributed by atoms with Crippen molar-refractivity contribution < 1.29 is 4.79 Å². The van der Waals surface area contributed by atoms with Crippen molar-refractivity contribution in [2.45, 2.75) is 19.4 Å². The van der Waals surface area contributed by atoms with Crippen molar-refractivity contribution in [1.82, 2.24) is 20.2 Å². The number of aromatic amines is 1. The molecule has 1 atom stereocenters. The minimum atomic E-state index is -0.0377. The van der Waals surface area contributed by atoms with Crippen LogP contribution in [0, 0.1) is 5.92 Å². The van der Waals surface area contributed by atoms with Gasteiger partial charge in [0, 0.05) is 38.2 Å². The van der Waals surface area contributed by atoms with Gasteiger partial charge in [0.2, 0.25) is 0 Å². The summed E-state index contributed by atoms with van der Waals surface area (Å²) < 4.78 is 0. The highest BCUT2D eigenvalue weighted by Crippen LogP contribution is 2.21. The van der Waals surface area contributed by atoms with E-state index < -0.39 is 0 Å². The standard InChI is InChI=1S/C17H21ClN4O/c18-15-10-19-7-5-14(15)12-22-8-2-3-13(11-22)9-21-17(23)16-4-1-6-20-16/h1,4-7,10,13,20H,2-3,8-9,11-12H2,(H,21,23)/t13-/m0/s1. The monoisotopic (exact) mass is 332 g/mol. The van der Waals surface area contributed by atoms with Crippen LogP contribution in [0.3, 0.4) is 0 Å². The Balaban J connectivity index is 1.50. The minimum Gasteiger partial charge on any atom is -0.357 e. The molecule has 2 aromatic heterocycles. The van der Waals surface area contributed by atoms with Gasteiger partial charge in [-0.3, -0.25) is 14.7 Å². The van der Waals surface area contributed by atoms with Gasteiger partial charge in [0.15, 0.2) is 0 Å². The molecule has 0 aliphatic carbocycles. The van der Waals surface area contributed by atoms with Crippen molar-refractivity contribution in [3.63, 3.8) is 0 Å². The lowest BCUT2D eigenvalue weighted by Gasteiger charge is -2.33. The SMILES string of the molecule is O=C(NC[C@@H]1CCCN(Cc2ccncc2Cl)C1)c1ccc[nH]1. The number of H-pyrrole nitrogens is 1. The second kappa shape index (κ2) is 7.62. The Kier molecular flexibility index (Phi) is 5.31. The zero-order valence-electron chi connectivity index (χ0n) is 13.0. The molecule has 2 N–H and O–H groups in total. The fourth-order valence-corrected chi connectivity index (χ4v) is 3.22. The van der Waals surface area contributed by atoms with E-state index in [1.807, 2.05) is 12.1 Å². The van der Waals surface area contributed by atoms with Gasteiger partial charge < -0.3 is 10.3 Å². The molecule has 0 radical (unpaired) electrons. The van der Waals surface area contributed by atoms with Crippen molar-refractivity contribution in [1.29, 1.82) is 0 Å². The normalized spacial score (nSPS) is 18.7. The maximum absolute atomic E-state index is 12.0. The van der Waals surface area contributed by atoms with Crippen LogP contribution in [0.25, 0.3) is 0 Å². The summed E-state index contributed by atoms with van der Waals surface area (Å²) in [5.41, 5.74) is 1.72. The van der Waals surface area contributed by atoms with Crippen LogP contribution < -0.4 is 5.32 Å². The second-order valence-corrected chi connectivity index (χ2v) is 6.41. The van der Waals surface area contributed by atoms with Crippen LogP contribution in [0.4, 0.5) is 0 Å². The number of carbonyl (C=O) groups is 1. The van der Waals surface area contributed by atoms with E-state index in [1.54, 1.807) is 24.7 Å². The number of likely N-dealkylation sites (tertiary alicyclic amines) is 1. The third kappa shape index (κ3) is 4.33. The van der Waals surface area contributed by atoms with Gasteiger partial charge in [-0.25, -0.2) is 0 Å². The smallest absolute Gasteiger partial charge is 0.267 e. The molecular weight excluding hydrogens is 312 g/mol. The fourth-order valence-electron chi connectivity index (χ4n) is 3.04. The third-order valence-electron chi connectivity index (χ3n) is 4.25. The Morgan fingerprint density at radius 2 is 2.39 bits per heavy atom. The fraction of sp³-hybridized carbons (Fsp3) is 0.412. The van der Waals surface area contributed by atoms with Gasteiger partial charge in [0.25, 0.3) is 5.91 Å². The largest absolute Gasteiger partial charge is 0.357 e. The third-order valence-corrected chi connectivity index (χ3v) is 4.59. The van der Waals surface area contributed by atoms with E-state index in [4.69, 9.17) is 11.6 Å². The lowest BCUT2D eigenvalue weighted by Crippen LogP contribution is -2.40. The summed E-state index contributed by atoms with van der Waals surface area (Å²) in [6.45, 7) is 3.59. The van der Waals surface area contributed by atoms with Gasteiger partial charge in [-0.2, -0.15) is 0 Å². The number of hydrogen-bond acceptors (Lipinski definition) is 3. The molecule has 0 spiro atoms. The van der Waals surface area contributed by atoms with Crippen LogP contribution in [0.15, 0.2) is 36.8 Å². The van der Waals surface area contributed by atoms with Gasteiger partial charge in [0.05, 0.1) is 5.02 Å². The Labute approximate surface area is 141 Å².